The SMILES string of the molecule is CC(C)CC(NC(=O)Cc1csc(-c2ccc(Cl)cc2)n1)C(=O)O. The quantitative estimate of drug-likeness (QED) is 0.784. The van der Waals surface area contributed by atoms with Gasteiger partial charge in [0.05, 0.1) is 12.1 Å². The Bertz CT molecular complexity index is 713. The number of carbonyl (C=O) groups is 2. The van der Waals surface area contributed by atoms with E-state index in [2.05, 4.69) is 10.3 Å². The zero-order valence-electron chi connectivity index (χ0n) is 13.5. The summed E-state index contributed by atoms with van der Waals surface area (Å²) in [6, 6.07) is 6.44. The number of thiazole rings is 1. The number of carboxylic acids is 1. The van der Waals surface area contributed by atoms with E-state index in [1.54, 1.807) is 12.1 Å². The van der Waals surface area contributed by atoms with E-state index in [1.807, 2.05) is 31.4 Å². The minimum Gasteiger partial charge on any atom is -0.480 e. The van der Waals surface area contributed by atoms with Crippen LogP contribution >= 0.6 is 22.9 Å². The first-order valence-corrected chi connectivity index (χ1v) is 8.83. The Morgan fingerprint density at radius 3 is 2.54 bits per heavy atom. The summed E-state index contributed by atoms with van der Waals surface area (Å²) in [5, 5.41) is 15.0. The van der Waals surface area contributed by atoms with Crippen molar-refractivity contribution >= 4 is 34.8 Å². The van der Waals surface area contributed by atoms with E-state index in [1.165, 1.54) is 11.3 Å². The molecule has 0 aliphatic carbocycles. The summed E-state index contributed by atoms with van der Waals surface area (Å²) in [6.07, 6.45) is 0.458. The molecule has 128 valence electrons. The fourth-order valence-electron chi connectivity index (χ4n) is 2.22. The molecule has 5 nitrogen and oxygen atoms in total. The van der Waals surface area contributed by atoms with Gasteiger partial charge >= 0.3 is 5.97 Å². The predicted octanol–water partition coefficient (Wildman–Crippen LogP) is 3.62. The van der Waals surface area contributed by atoms with Crippen LogP contribution in [0.1, 0.15) is 26.0 Å². The van der Waals surface area contributed by atoms with Gasteiger partial charge in [0, 0.05) is 16.0 Å². The van der Waals surface area contributed by atoms with Crippen molar-refractivity contribution in [3.63, 3.8) is 0 Å². The molecule has 2 rings (SSSR count). The smallest absolute Gasteiger partial charge is 0.326 e. The molecule has 0 spiro atoms. The molecule has 24 heavy (non-hydrogen) atoms. The molecule has 1 aromatic heterocycles. The third-order valence-corrected chi connectivity index (χ3v) is 4.52. The molecule has 0 aliphatic rings. The second-order valence-corrected chi connectivity index (χ2v) is 7.21. The first-order valence-electron chi connectivity index (χ1n) is 7.57. The Labute approximate surface area is 149 Å². The molecule has 1 amide bonds. The number of hydrogen-bond acceptors (Lipinski definition) is 4. The van der Waals surface area contributed by atoms with Gasteiger partial charge in [-0.3, -0.25) is 4.79 Å². The van der Waals surface area contributed by atoms with Gasteiger partial charge in [-0.05, 0) is 24.5 Å². The summed E-state index contributed by atoms with van der Waals surface area (Å²) in [7, 11) is 0. The number of nitrogens with zero attached hydrogens (tertiary/aromatic N) is 1. The number of aromatic nitrogens is 1. The molecule has 0 fully saturated rings. The van der Waals surface area contributed by atoms with Crippen molar-refractivity contribution in [1.29, 1.82) is 0 Å². The van der Waals surface area contributed by atoms with Crippen molar-refractivity contribution in [3.05, 3.63) is 40.4 Å². The van der Waals surface area contributed by atoms with Gasteiger partial charge in [-0.1, -0.05) is 37.6 Å². The largest absolute Gasteiger partial charge is 0.480 e. The number of aliphatic carboxylic acids is 1. The second-order valence-electron chi connectivity index (χ2n) is 5.92. The van der Waals surface area contributed by atoms with Crippen LogP contribution in [-0.4, -0.2) is 28.0 Å². The van der Waals surface area contributed by atoms with Crippen LogP contribution in [-0.2, 0) is 16.0 Å². The van der Waals surface area contributed by atoms with Gasteiger partial charge < -0.3 is 10.4 Å². The van der Waals surface area contributed by atoms with E-state index in [4.69, 9.17) is 11.6 Å². The third kappa shape index (κ3) is 5.32. The topological polar surface area (TPSA) is 79.3 Å². The van der Waals surface area contributed by atoms with Crippen molar-refractivity contribution in [2.75, 3.05) is 0 Å². The zero-order chi connectivity index (χ0) is 17.7. The zero-order valence-corrected chi connectivity index (χ0v) is 15.0. The lowest BCUT2D eigenvalue weighted by Gasteiger charge is -2.16. The number of hydrogen-bond donors (Lipinski definition) is 2. The highest BCUT2D eigenvalue weighted by Gasteiger charge is 2.21. The van der Waals surface area contributed by atoms with Crippen LogP contribution in [0.3, 0.4) is 0 Å². The van der Waals surface area contributed by atoms with Crippen LogP contribution in [0.25, 0.3) is 10.6 Å². The maximum absolute atomic E-state index is 12.1. The standard InChI is InChI=1S/C17H19ClN2O3S/c1-10(2)7-14(17(22)23)20-15(21)8-13-9-24-16(19-13)11-3-5-12(18)6-4-11/h3-6,9-10,14H,7-8H2,1-2H3,(H,20,21)(H,22,23). The highest BCUT2D eigenvalue weighted by atomic mass is 35.5. The summed E-state index contributed by atoms with van der Waals surface area (Å²) < 4.78 is 0. The molecular formula is C17H19ClN2O3S. The Morgan fingerprint density at radius 1 is 1.29 bits per heavy atom. The molecule has 0 saturated heterocycles. The van der Waals surface area contributed by atoms with Crippen LogP contribution in [0.5, 0.6) is 0 Å². The maximum Gasteiger partial charge on any atom is 0.326 e. The Morgan fingerprint density at radius 2 is 1.96 bits per heavy atom. The summed E-state index contributed by atoms with van der Waals surface area (Å²) >= 11 is 7.30. The molecule has 7 heteroatoms. The van der Waals surface area contributed by atoms with E-state index in [9.17, 15) is 14.7 Å². The highest BCUT2D eigenvalue weighted by molar-refractivity contribution is 7.13. The van der Waals surface area contributed by atoms with Crippen LogP contribution in [0.2, 0.25) is 5.02 Å². The first kappa shape index (κ1) is 18.4. The van der Waals surface area contributed by atoms with Crippen LogP contribution in [0.4, 0.5) is 0 Å². The molecule has 0 aliphatic heterocycles. The van der Waals surface area contributed by atoms with Crippen molar-refractivity contribution < 1.29 is 14.7 Å². The van der Waals surface area contributed by atoms with Crippen molar-refractivity contribution in [1.82, 2.24) is 10.3 Å². The molecule has 2 aromatic rings. The molecule has 1 aromatic carbocycles. The number of halogens is 1. The van der Waals surface area contributed by atoms with E-state index in [0.29, 0.717) is 17.1 Å². The Balaban J connectivity index is 1.99. The normalized spacial score (nSPS) is 12.2. The summed E-state index contributed by atoms with van der Waals surface area (Å²) in [4.78, 5) is 27.7. The number of nitrogens with one attached hydrogen (secondary N) is 1. The van der Waals surface area contributed by atoms with Crippen LogP contribution < -0.4 is 5.32 Å². The molecular weight excluding hydrogens is 348 g/mol. The molecule has 2 N–H and O–H groups in total. The fraction of sp³-hybridized carbons (Fsp3) is 0.353. The predicted molar refractivity (Wildman–Crippen MR) is 95.3 cm³/mol. The summed E-state index contributed by atoms with van der Waals surface area (Å²) in [5.74, 6) is -1.17. The second kappa shape index (κ2) is 8.26. The van der Waals surface area contributed by atoms with Crippen molar-refractivity contribution in [3.8, 4) is 10.6 Å². The van der Waals surface area contributed by atoms with Crippen molar-refractivity contribution in [2.24, 2.45) is 5.92 Å². The van der Waals surface area contributed by atoms with Crippen molar-refractivity contribution in [2.45, 2.75) is 32.7 Å². The fourth-order valence-corrected chi connectivity index (χ4v) is 3.17. The lowest BCUT2D eigenvalue weighted by molar-refractivity contribution is -0.142. The molecule has 0 radical (unpaired) electrons. The van der Waals surface area contributed by atoms with Crippen LogP contribution in [0, 0.1) is 5.92 Å². The molecule has 0 bridgehead atoms. The lowest BCUT2D eigenvalue weighted by Crippen LogP contribution is -2.42. The summed E-state index contributed by atoms with van der Waals surface area (Å²) in [6.45, 7) is 3.84. The number of rotatable bonds is 7. The van der Waals surface area contributed by atoms with E-state index < -0.39 is 12.0 Å². The highest BCUT2D eigenvalue weighted by Crippen LogP contribution is 2.25. The van der Waals surface area contributed by atoms with Gasteiger partial charge in [-0.15, -0.1) is 11.3 Å². The molecule has 1 atom stereocenters. The molecule has 0 saturated carbocycles. The number of benzene rings is 1. The van der Waals surface area contributed by atoms with Gasteiger partial charge in [0.15, 0.2) is 0 Å². The average molecular weight is 367 g/mol. The summed E-state index contributed by atoms with van der Waals surface area (Å²) in [5.41, 5.74) is 1.55. The van der Waals surface area contributed by atoms with E-state index >= 15 is 0 Å². The van der Waals surface area contributed by atoms with Gasteiger partial charge in [0.1, 0.15) is 11.0 Å². The number of carboxylic acid groups (broad SMARTS) is 1. The van der Waals surface area contributed by atoms with Gasteiger partial charge in [-0.25, -0.2) is 9.78 Å². The Hall–Kier alpha value is -1.92. The van der Waals surface area contributed by atoms with Crippen LogP contribution in [0.15, 0.2) is 29.6 Å². The van der Waals surface area contributed by atoms with Gasteiger partial charge in [0.25, 0.3) is 0 Å². The monoisotopic (exact) mass is 366 g/mol. The Kier molecular flexibility index (Phi) is 6.34. The minimum absolute atomic E-state index is 0.0615. The minimum atomic E-state index is -1.02. The van der Waals surface area contributed by atoms with E-state index in [0.717, 1.165) is 10.6 Å². The maximum atomic E-state index is 12.1. The van der Waals surface area contributed by atoms with E-state index in [-0.39, 0.29) is 18.2 Å². The van der Waals surface area contributed by atoms with Gasteiger partial charge in [0.2, 0.25) is 5.91 Å². The lowest BCUT2D eigenvalue weighted by atomic mass is 10.0. The molecule has 1 heterocycles. The number of carbonyl (C=O) groups excluding carboxylic acids is 1. The third-order valence-electron chi connectivity index (χ3n) is 3.33. The van der Waals surface area contributed by atoms with Gasteiger partial charge in [-0.2, -0.15) is 0 Å². The first-order chi connectivity index (χ1) is 11.3. The number of amides is 1. The molecule has 1 unspecified atom stereocenters. The average Bonchev–Trinajstić information content (AvgIpc) is 2.95.